The molecule has 0 saturated heterocycles. The first kappa shape index (κ1) is 11.2. The van der Waals surface area contributed by atoms with E-state index in [0.717, 1.165) is 0 Å². The Hall–Kier alpha value is -1.26. The van der Waals surface area contributed by atoms with Gasteiger partial charge in [-0.25, -0.2) is 0 Å². The maximum atomic E-state index is 10.4. The van der Waals surface area contributed by atoms with Crippen molar-refractivity contribution >= 4 is 0 Å². The normalized spacial score (nSPS) is 28.4. The van der Waals surface area contributed by atoms with Gasteiger partial charge in [-0.1, -0.05) is 6.07 Å². The molecule has 3 N–H and O–H groups in total. The number of rotatable bonds is 3. The largest absolute Gasteiger partial charge is 0.496 e. The molecule has 0 atom stereocenters. The zero-order valence-electron chi connectivity index (χ0n) is 9.56. The van der Waals surface area contributed by atoms with Gasteiger partial charge in [0.15, 0.2) is 0 Å². The summed E-state index contributed by atoms with van der Waals surface area (Å²) in [5.74, 6) is 1.29. The van der Waals surface area contributed by atoms with Crippen molar-refractivity contribution < 1.29 is 14.6 Å². The summed E-state index contributed by atoms with van der Waals surface area (Å²) in [5.41, 5.74) is 5.54. The van der Waals surface area contributed by atoms with Crippen LogP contribution in [0.25, 0.3) is 0 Å². The van der Waals surface area contributed by atoms with Crippen LogP contribution in [0, 0.1) is 0 Å². The van der Waals surface area contributed by atoms with Crippen LogP contribution in [0.1, 0.15) is 18.4 Å². The summed E-state index contributed by atoms with van der Waals surface area (Å²) in [6.07, 6.45) is 1.09. The molecule has 1 aromatic rings. The monoisotopic (exact) mass is 223 g/mol. The predicted octanol–water partition coefficient (Wildman–Crippen LogP) is 1.01. The Morgan fingerprint density at radius 1 is 1.25 bits per heavy atom. The highest BCUT2D eigenvalue weighted by Gasteiger charge is 2.45. The van der Waals surface area contributed by atoms with Gasteiger partial charge in [-0.15, -0.1) is 0 Å². The van der Waals surface area contributed by atoms with Gasteiger partial charge in [0, 0.05) is 6.04 Å². The minimum atomic E-state index is -0.905. The molecule has 0 amide bonds. The van der Waals surface area contributed by atoms with Crippen LogP contribution in [0.15, 0.2) is 18.2 Å². The molecular formula is C12H17NO3. The van der Waals surface area contributed by atoms with Crippen molar-refractivity contribution in [3.63, 3.8) is 0 Å². The highest BCUT2D eigenvalue weighted by Crippen LogP contribution is 2.48. The molecule has 0 bridgehead atoms. The number of ether oxygens (including phenoxy) is 2. The first-order valence-corrected chi connectivity index (χ1v) is 5.30. The van der Waals surface area contributed by atoms with Gasteiger partial charge in [0.1, 0.15) is 11.5 Å². The van der Waals surface area contributed by atoms with E-state index in [1.165, 1.54) is 0 Å². The molecule has 88 valence electrons. The van der Waals surface area contributed by atoms with Gasteiger partial charge in [0.25, 0.3) is 0 Å². The molecule has 2 rings (SSSR count). The minimum Gasteiger partial charge on any atom is -0.496 e. The van der Waals surface area contributed by atoms with Crippen molar-refractivity contribution in [2.75, 3.05) is 14.2 Å². The fraction of sp³-hybridized carbons (Fsp3) is 0.500. The van der Waals surface area contributed by atoms with Gasteiger partial charge in [-0.3, -0.25) is 0 Å². The Morgan fingerprint density at radius 2 is 1.75 bits per heavy atom. The Bertz CT molecular complexity index is 364. The molecule has 0 aromatic heterocycles. The van der Waals surface area contributed by atoms with Crippen LogP contribution in [0.4, 0.5) is 0 Å². The van der Waals surface area contributed by atoms with Crippen molar-refractivity contribution in [2.45, 2.75) is 24.5 Å². The van der Waals surface area contributed by atoms with Crippen molar-refractivity contribution in [3.05, 3.63) is 23.8 Å². The van der Waals surface area contributed by atoms with E-state index in [-0.39, 0.29) is 6.04 Å². The van der Waals surface area contributed by atoms with Gasteiger partial charge in [-0.2, -0.15) is 0 Å². The van der Waals surface area contributed by atoms with Crippen LogP contribution in [0.2, 0.25) is 0 Å². The zero-order valence-corrected chi connectivity index (χ0v) is 9.56. The summed E-state index contributed by atoms with van der Waals surface area (Å²) < 4.78 is 10.5. The quantitative estimate of drug-likeness (QED) is 0.802. The lowest BCUT2D eigenvalue weighted by Gasteiger charge is -2.43. The highest BCUT2D eigenvalue weighted by molar-refractivity contribution is 5.50. The van der Waals surface area contributed by atoms with Crippen molar-refractivity contribution in [2.24, 2.45) is 5.73 Å². The van der Waals surface area contributed by atoms with Crippen molar-refractivity contribution in [1.82, 2.24) is 0 Å². The number of benzene rings is 1. The molecule has 0 unspecified atom stereocenters. The first-order chi connectivity index (χ1) is 7.60. The topological polar surface area (TPSA) is 64.7 Å². The van der Waals surface area contributed by atoms with E-state index in [1.54, 1.807) is 14.2 Å². The maximum Gasteiger partial charge on any atom is 0.128 e. The Balaban J connectivity index is 2.45. The Morgan fingerprint density at radius 3 is 2.12 bits per heavy atom. The summed E-state index contributed by atoms with van der Waals surface area (Å²) in [6.45, 7) is 0. The van der Waals surface area contributed by atoms with E-state index in [4.69, 9.17) is 15.2 Å². The standard InChI is InChI=1S/C12H17NO3/c1-15-9-4-3-5-10(16-2)11(9)12(14)6-8(13)7-12/h3-5,8,14H,6-7,13H2,1-2H3. The molecule has 0 aliphatic heterocycles. The molecule has 1 aliphatic rings. The Labute approximate surface area is 95.0 Å². The van der Waals surface area contributed by atoms with Crippen LogP contribution in [-0.2, 0) is 5.60 Å². The van der Waals surface area contributed by atoms with Gasteiger partial charge in [0.05, 0.1) is 25.4 Å². The molecular weight excluding hydrogens is 206 g/mol. The minimum absolute atomic E-state index is 0.0552. The van der Waals surface area contributed by atoms with Crippen molar-refractivity contribution in [3.8, 4) is 11.5 Å². The number of nitrogens with two attached hydrogens (primary N) is 1. The molecule has 1 aromatic carbocycles. The van der Waals surface area contributed by atoms with Crippen LogP contribution in [0.5, 0.6) is 11.5 Å². The summed E-state index contributed by atoms with van der Waals surface area (Å²) in [4.78, 5) is 0. The van der Waals surface area contributed by atoms with E-state index < -0.39 is 5.60 Å². The average molecular weight is 223 g/mol. The highest BCUT2D eigenvalue weighted by atomic mass is 16.5. The number of aliphatic hydroxyl groups is 1. The lowest BCUT2D eigenvalue weighted by molar-refractivity contribution is -0.0553. The second kappa shape index (κ2) is 3.96. The third kappa shape index (κ3) is 1.64. The molecule has 0 spiro atoms. The summed E-state index contributed by atoms with van der Waals surface area (Å²) in [6, 6.07) is 5.53. The smallest absolute Gasteiger partial charge is 0.128 e. The van der Waals surface area contributed by atoms with E-state index in [1.807, 2.05) is 18.2 Å². The van der Waals surface area contributed by atoms with Crippen molar-refractivity contribution in [1.29, 1.82) is 0 Å². The third-order valence-electron chi connectivity index (χ3n) is 3.09. The first-order valence-electron chi connectivity index (χ1n) is 5.30. The zero-order chi connectivity index (χ0) is 11.8. The van der Waals surface area contributed by atoms with Gasteiger partial charge < -0.3 is 20.3 Å². The molecule has 4 heteroatoms. The molecule has 4 nitrogen and oxygen atoms in total. The number of hydrogen-bond donors (Lipinski definition) is 2. The summed E-state index contributed by atoms with van der Waals surface area (Å²) in [5, 5.41) is 10.4. The molecule has 0 heterocycles. The lowest BCUT2D eigenvalue weighted by atomic mass is 9.71. The van der Waals surface area contributed by atoms with E-state index >= 15 is 0 Å². The third-order valence-corrected chi connectivity index (χ3v) is 3.09. The maximum absolute atomic E-state index is 10.4. The fourth-order valence-electron chi connectivity index (χ4n) is 2.32. The number of hydrogen-bond acceptors (Lipinski definition) is 4. The molecule has 0 radical (unpaired) electrons. The van der Waals surface area contributed by atoms with Crippen LogP contribution in [-0.4, -0.2) is 25.4 Å². The lowest BCUT2D eigenvalue weighted by Crippen LogP contribution is -2.49. The second-order valence-electron chi connectivity index (χ2n) is 4.24. The Kier molecular flexibility index (Phi) is 2.78. The van der Waals surface area contributed by atoms with Crippen LogP contribution >= 0.6 is 0 Å². The van der Waals surface area contributed by atoms with E-state index in [2.05, 4.69) is 0 Å². The van der Waals surface area contributed by atoms with Gasteiger partial charge in [-0.05, 0) is 25.0 Å². The predicted molar refractivity (Wildman–Crippen MR) is 60.7 cm³/mol. The van der Waals surface area contributed by atoms with E-state index in [0.29, 0.717) is 29.9 Å². The molecule has 16 heavy (non-hydrogen) atoms. The van der Waals surface area contributed by atoms with Gasteiger partial charge in [0.2, 0.25) is 0 Å². The molecule has 1 fully saturated rings. The molecule has 1 saturated carbocycles. The summed E-state index contributed by atoms with van der Waals surface area (Å²) in [7, 11) is 3.17. The van der Waals surface area contributed by atoms with Crippen LogP contribution in [0.3, 0.4) is 0 Å². The SMILES string of the molecule is COc1cccc(OC)c1C1(O)CC(N)C1. The molecule has 1 aliphatic carbocycles. The average Bonchev–Trinajstić information content (AvgIpc) is 2.25. The van der Waals surface area contributed by atoms with Gasteiger partial charge >= 0.3 is 0 Å². The fourth-order valence-corrected chi connectivity index (χ4v) is 2.32. The second-order valence-corrected chi connectivity index (χ2v) is 4.24. The summed E-state index contributed by atoms with van der Waals surface area (Å²) >= 11 is 0. The van der Waals surface area contributed by atoms with E-state index in [9.17, 15) is 5.11 Å². The van der Waals surface area contributed by atoms with Crippen LogP contribution < -0.4 is 15.2 Å². The number of methoxy groups -OCH3 is 2.